The van der Waals surface area contributed by atoms with Crippen LogP contribution in [0.25, 0.3) is 0 Å². The molecule has 0 atom stereocenters. The Morgan fingerprint density at radius 3 is 2.38 bits per heavy atom. The molecule has 0 bridgehead atoms. The van der Waals surface area contributed by atoms with Crippen LogP contribution in [0.5, 0.6) is 5.75 Å². The van der Waals surface area contributed by atoms with Gasteiger partial charge in [0, 0.05) is 9.77 Å². The highest BCUT2D eigenvalue weighted by molar-refractivity contribution is 14.1. The largest absolute Gasteiger partial charge is 0.573 e. The highest BCUT2D eigenvalue weighted by Crippen LogP contribution is 2.39. The molecule has 0 radical (unpaired) electrons. The quantitative estimate of drug-likeness (QED) is 0.441. The average Bonchev–Trinajstić information content (AvgIpc) is 2.08. The number of hydrogen-bond donors (Lipinski definition) is 0. The lowest BCUT2D eigenvalue weighted by atomic mass is 10.2. The van der Waals surface area contributed by atoms with Crippen LogP contribution in [0, 0.1) is 3.57 Å². The maximum absolute atomic E-state index is 12.5. The van der Waals surface area contributed by atoms with Gasteiger partial charge in [0.1, 0.15) is 0 Å². The van der Waals surface area contributed by atoms with E-state index in [0.717, 1.165) is 6.20 Å². The highest BCUT2D eigenvalue weighted by atomic mass is 127. The third-order valence-corrected chi connectivity index (χ3v) is 2.55. The van der Waals surface area contributed by atoms with Gasteiger partial charge in [0.2, 0.25) is 0 Å². The molecule has 0 saturated heterocycles. The van der Waals surface area contributed by atoms with Crippen molar-refractivity contribution in [2.24, 2.45) is 0 Å². The van der Waals surface area contributed by atoms with E-state index in [-0.39, 0.29) is 3.57 Å². The van der Waals surface area contributed by atoms with E-state index in [1.165, 1.54) is 22.6 Å². The van der Waals surface area contributed by atoms with Crippen molar-refractivity contribution in [1.82, 2.24) is 4.98 Å². The summed E-state index contributed by atoms with van der Waals surface area (Å²) in [6.45, 7) is 0. The van der Waals surface area contributed by atoms with Crippen LogP contribution in [0.4, 0.5) is 22.0 Å². The minimum Gasteiger partial charge on any atom is -0.402 e. The summed E-state index contributed by atoms with van der Waals surface area (Å²) in [6.07, 6.45) is -7.29. The molecule has 16 heavy (non-hydrogen) atoms. The van der Waals surface area contributed by atoms with E-state index in [1.54, 1.807) is 0 Å². The van der Waals surface area contributed by atoms with Crippen LogP contribution >= 0.6 is 34.2 Å². The summed E-state index contributed by atoms with van der Waals surface area (Å²) in [5.74, 6) is -1.16. The molecule has 0 aromatic carbocycles. The number of pyridine rings is 1. The summed E-state index contributed by atoms with van der Waals surface area (Å²) >= 11 is 6.70. The second-order valence-corrected chi connectivity index (χ2v) is 4.01. The van der Waals surface area contributed by atoms with Crippen molar-refractivity contribution in [3.8, 4) is 5.75 Å². The Bertz CT molecular complexity index is 397. The monoisotopic (exact) mass is 373 g/mol. The van der Waals surface area contributed by atoms with Gasteiger partial charge in [-0.3, -0.25) is 0 Å². The van der Waals surface area contributed by atoms with E-state index >= 15 is 0 Å². The lowest BCUT2D eigenvalue weighted by Gasteiger charge is -2.14. The van der Waals surface area contributed by atoms with Crippen LogP contribution in [0.2, 0.25) is 5.15 Å². The van der Waals surface area contributed by atoms with Gasteiger partial charge in [-0.05, 0) is 22.6 Å². The summed E-state index contributed by atoms with van der Waals surface area (Å²) < 4.78 is 64.1. The molecule has 90 valence electrons. The first-order valence-electron chi connectivity index (χ1n) is 3.60. The van der Waals surface area contributed by atoms with Crippen LogP contribution in [0.1, 0.15) is 12.0 Å². The van der Waals surface area contributed by atoms with Crippen LogP contribution in [0.3, 0.4) is 0 Å². The molecule has 0 aliphatic rings. The fourth-order valence-electron chi connectivity index (χ4n) is 0.877. The van der Waals surface area contributed by atoms with Gasteiger partial charge >= 0.3 is 6.36 Å². The number of hydrogen-bond acceptors (Lipinski definition) is 2. The van der Waals surface area contributed by atoms with Crippen LogP contribution in [0.15, 0.2) is 6.20 Å². The van der Waals surface area contributed by atoms with Crippen LogP contribution in [-0.4, -0.2) is 11.3 Å². The van der Waals surface area contributed by atoms with Gasteiger partial charge in [-0.15, -0.1) is 13.2 Å². The molecular weight excluding hydrogens is 371 g/mol. The van der Waals surface area contributed by atoms with E-state index in [2.05, 4.69) is 9.72 Å². The molecule has 0 saturated carbocycles. The van der Waals surface area contributed by atoms with Crippen molar-refractivity contribution in [3.63, 3.8) is 0 Å². The maximum atomic E-state index is 12.5. The number of ether oxygens (including phenoxy) is 1. The van der Waals surface area contributed by atoms with E-state index in [9.17, 15) is 22.0 Å². The zero-order chi connectivity index (χ0) is 12.5. The predicted molar refractivity (Wildman–Crippen MR) is 53.6 cm³/mol. The summed E-state index contributed by atoms with van der Waals surface area (Å²) in [7, 11) is 0. The third kappa shape index (κ3) is 3.30. The van der Waals surface area contributed by atoms with Crippen LogP contribution in [-0.2, 0) is 0 Å². The molecule has 0 unspecified atom stereocenters. The first kappa shape index (κ1) is 13.7. The number of halogens is 7. The second kappa shape index (κ2) is 4.86. The molecule has 1 aromatic rings. The molecule has 9 heteroatoms. The van der Waals surface area contributed by atoms with E-state index in [1.807, 2.05) is 0 Å². The molecule has 0 aliphatic carbocycles. The van der Waals surface area contributed by atoms with Gasteiger partial charge in [0.05, 0.1) is 5.56 Å². The van der Waals surface area contributed by atoms with Gasteiger partial charge in [-0.25, -0.2) is 13.8 Å². The Labute approximate surface area is 105 Å². The van der Waals surface area contributed by atoms with Crippen molar-refractivity contribution < 1.29 is 26.7 Å². The Morgan fingerprint density at radius 2 is 1.94 bits per heavy atom. The predicted octanol–water partition coefficient (Wildman–Crippen LogP) is 4.18. The lowest BCUT2D eigenvalue weighted by Crippen LogP contribution is -2.19. The van der Waals surface area contributed by atoms with Crippen LogP contribution < -0.4 is 4.74 Å². The topological polar surface area (TPSA) is 22.1 Å². The van der Waals surface area contributed by atoms with E-state index in [4.69, 9.17) is 11.6 Å². The smallest absolute Gasteiger partial charge is 0.402 e. The number of nitrogens with zero attached hydrogens (tertiary/aromatic N) is 1. The van der Waals surface area contributed by atoms with Crippen molar-refractivity contribution in [2.45, 2.75) is 12.8 Å². The number of alkyl halides is 5. The summed E-state index contributed by atoms with van der Waals surface area (Å²) in [6, 6.07) is 0. The number of aromatic nitrogens is 1. The molecular formula is C7H2ClF5INO. The number of rotatable bonds is 2. The van der Waals surface area contributed by atoms with Gasteiger partial charge < -0.3 is 4.74 Å². The van der Waals surface area contributed by atoms with Gasteiger partial charge in [-0.2, -0.15) is 0 Å². The fraction of sp³-hybridized carbons (Fsp3) is 0.286. The van der Waals surface area contributed by atoms with E-state index < -0.39 is 29.3 Å². The maximum Gasteiger partial charge on any atom is 0.573 e. The summed E-state index contributed by atoms with van der Waals surface area (Å²) in [5, 5.41) is -0.756. The second-order valence-electron chi connectivity index (χ2n) is 2.49. The SMILES string of the molecule is FC(F)c1c(I)cnc(Cl)c1OC(F)(F)F. The van der Waals surface area contributed by atoms with E-state index in [0.29, 0.717) is 0 Å². The third-order valence-electron chi connectivity index (χ3n) is 1.42. The molecule has 2 nitrogen and oxygen atoms in total. The molecule has 0 N–H and O–H groups in total. The molecule has 1 rings (SSSR count). The molecule has 1 heterocycles. The fourth-order valence-corrected chi connectivity index (χ4v) is 1.69. The Balaban J connectivity index is 3.29. The van der Waals surface area contributed by atoms with Gasteiger partial charge in [0.25, 0.3) is 6.43 Å². The average molecular weight is 373 g/mol. The molecule has 1 aromatic heterocycles. The summed E-state index contributed by atoms with van der Waals surface area (Å²) in [5.41, 5.74) is -0.919. The first-order valence-corrected chi connectivity index (χ1v) is 5.06. The van der Waals surface area contributed by atoms with Crippen molar-refractivity contribution in [2.75, 3.05) is 0 Å². The first-order chi connectivity index (χ1) is 7.22. The molecule has 0 fully saturated rings. The lowest BCUT2D eigenvalue weighted by molar-refractivity contribution is -0.275. The van der Waals surface area contributed by atoms with Gasteiger partial charge in [0.15, 0.2) is 10.9 Å². The zero-order valence-electron chi connectivity index (χ0n) is 7.16. The van der Waals surface area contributed by atoms with Crippen molar-refractivity contribution >= 4 is 34.2 Å². The van der Waals surface area contributed by atoms with Crippen molar-refractivity contribution in [1.29, 1.82) is 0 Å². The highest BCUT2D eigenvalue weighted by Gasteiger charge is 2.35. The Hall–Kier alpha value is -0.380. The summed E-state index contributed by atoms with van der Waals surface area (Å²) in [4.78, 5) is 3.31. The van der Waals surface area contributed by atoms with Crippen molar-refractivity contribution in [3.05, 3.63) is 20.5 Å². The molecule has 0 spiro atoms. The molecule has 0 aliphatic heterocycles. The zero-order valence-corrected chi connectivity index (χ0v) is 10.1. The Morgan fingerprint density at radius 1 is 1.38 bits per heavy atom. The molecule has 0 amide bonds. The normalized spacial score (nSPS) is 12.0. The minimum atomic E-state index is -5.10. The Kier molecular flexibility index (Phi) is 4.16. The minimum absolute atomic E-state index is 0.156. The van der Waals surface area contributed by atoms with Gasteiger partial charge in [-0.1, -0.05) is 11.6 Å². The standard InChI is InChI=1S/C7H2ClF5INO/c8-5-4(16-7(11,12)13)3(6(9)10)2(14)1-15-5/h1,6H.